The minimum atomic E-state index is -4.95. The number of carbonyl (C=O) groups excluding carboxylic acids is 2. The number of aromatic hydroxyl groups is 1. The van der Waals surface area contributed by atoms with Crippen molar-refractivity contribution in [3.63, 3.8) is 0 Å². The van der Waals surface area contributed by atoms with Crippen molar-refractivity contribution in [2.75, 3.05) is 27.3 Å². The van der Waals surface area contributed by atoms with Gasteiger partial charge in [0.05, 0.1) is 26.3 Å². The number of alkyl halides is 6. The molecule has 2 amide bonds. The summed E-state index contributed by atoms with van der Waals surface area (Å²) in [5, 5.41) is 9.45. The van der Waals surface area contributed by atoms with Gasteiger partial charge in [-0.1, -0.05) is 66.7 Å². The zero-order chi connectivity index (χ0) is 40.9. The van der Waals surface area contributed by atoms with E-state index in [9.17, 15) is 41.0 Å². The van der Waals surface area contributed by atoms with Crippen molar-refractivity contribution in [1.82, 2.24) is 9.80 Å². The van der Waals surface area contributed by atoms with Gasteiger partial charge in [-0.3, -0.25) is 9.59 Å². The van der Waals surface area contributed by atoms with Gasteiger partial charge in [-0.2, -0.15) is 26.3 Å². The van der Waals surface area contributed by atoms with Gasteiger partial charge in [0.25, 0.3) is 0 Å². The summed E-state index contributed by atoms with van der Waals surface area (Å²) in [5.41, 5.74) is 5.08. The molecule has 0 fully saturated rings. The van der Waals surface area contributed by atoms with Crippen molar-refractivity contribution in [3.8, 4) is 23.0 Å². The van der Waals surface area contributed by atoms with Crippen LogP contribution in [0.1, 0.15) is 51.0 Å². The molecule has 2 heterocycles. The molecule has 5 aromatic rings. The fourth-order valence-electron chi connectivity index (χ4n) is 7.09. The Labute approximate surface area is 324 Å². The molecule has 0 saturated heterocycles. The number of benzene rings is 5. The van der Waals surface area contributed by atoms with Crippen LogP contribution in [0.5, 0.6) is 23.0 Å². The predicted molar refractivity (Wildman–Crippen MR) is 198 cm³/mol. The first-order chi connectivity index (χ1) is 27.2. The van der Waals surface area contributed by atoms with Crippen molar-refractivity contribution in [2.24, 2.45) is 0 Å². The first kappa shape index (κ1) is 40.5. The van der Waals surface area contributed by atoms with Crippen molar-refractivity contribution in [2.45, 2.75) is 43.9 Å². The van der Waals surface area contributed by atoms with Crippen LogP contribution in [0.4, 0.5) is 26.3 Å². The van der Waals surface area contributed by atoms with E-state index in [1.807, 2.05) is 36.4 Å². The zero-order valence-electron chi connectivity index (χ0n) is 30.8. The SMILES string of the molecule is COc1ccc2c(c1)CCN(C(=O)C(F)(F)F)C2c1ccc(O)cc1.COc1ccc2c(c1)CCN(C(=O)C(F)(F)F)C2c1ccc(OCc2ccccc2)cc1. The number of hydrogen-bond acceptors (Lipinski definition) is 6. The lowest BCUT2D eigenvalue weighted by Gasteiger charge is -2.38. The Hall–Kier alpha value is -6.18. The topological polar surface area (TPSA) is 88.5 Å². The third kappa shape index (κ3) is 9.28. The third-order valence-electron chi connectivity index (χ3n) is 9.82. The van der Waals surface area contributed by atoms with Gasteiger partial charge in [0, 0.05) is 13.1 Å². The number of fused-ring (bicyclic) bond motifs is 2. The van der Waals surface area contributed by atoms with Crippen LogP contribution in [-0.4, -0.2) is 66.4 Å². The molecule has 14 heteroatoms. The molecule has 57 heavy (non-hydrogen) atoms. The number of rotatable bonds is 7. The van der Waals surface area contributed by atoms with Crippen molar-refractivity contribution >= 4 is 11.8 Å². The molecule has 2 unspecified atom stereocenters. The molecule has 0 aliphatic carbocycles. The molecule has 5 aromatic carbocycles. The molecule has 2 aliphatic rings. The Morgan fingerprint density at radius 1 is 0.614 bits per heavy atom. The van der Waals surface area contributed by atoms with E-state index in [0.717, 1.165) is 26.5 Å². The molecule has 298 valence electrons. The van der Waals surface area contributed by atoms with Crippen LogP contribution in [0.15, 0.2) is 115 Å². The summed E-state index contributed by atoms with van der Waals surface area (Å²) < 4.78 is 95.2. The molecule has 0 radical (unpaired) electrons. The molecule has 2 atom stereocenters. The van der Waals surface area contributed by atoms with E-state index in [0.29, 0.717) is 59.0 Å². The lowest BCUT2D eigenvalue weighted by Crippen LogP contribution is -2.46. The molecule has 1 N–H and O–H groups in total. The van der Waals surface area contributed by atoms with Gasteiger partial charge in [-0.05, 0) is 100 Å². The van der Waals surface area contributed by atoms with Gasteiger partial charge in [-0.25, -0.2) is 0 Å². The van der Waals surface area contributed by atoms with Crippen LogP contribution in [0.25, 0.3) is 0 Å². The van der Waals surface area contributed by atoms with Crippen LogP contribution < -0.4 is 14.2 Å². The van der Waals surface area contributed by atoms with Gasteiger partial charge < -0.3 is 29.1 Å². The first-order valence-electron chi connectivity index (χ1n) is 17.8. The highest BCUT2D eigenvalue weighted by Gasteiger charge is 2.48. The van der Waals surface area contributed by atoms with Crippen molar-refractivity contribution < 1.29 is 55.2 Å². The summed E-state index contributed by atoms with van der Waals surface area (Å²) in [7, 11) is 3.05. The summed E-state index contributed by atoms with van der Waals surface area (Å²) in [6.45, 7) is 0.296. The molecule has 2 aliphatic heterocycles. The Morgan fingerprint density at radius 3 is 1.46 bits per heavy atom. The zero-order valence-corrected chi connectivity index (χ0v) is 30.8. The van der Waals surface area contributed by atoms with E-state index in [1.54, 1.807) is 54.6 Å². The molecule has 0 saturated carbocycles. The van der Waals surface area contributed by atoms with Crippen molar-refractivity contribution in [1.29, 1.82) is 0 Å². The second kappa shape index (κ2) is 16.9. The maximum Gasteiger partial charge on any atom is 0.471 e. The molecule has 0 bridgehead atoms. The highest BCUT2D eigenvalue weighted by atomic mass is 19.4. The van der Waals surface area contributed by atoms with Gasteiger partial charge in [-0.15, -0.1) is 0 Å². The average Bonchev–Trinajstić information content (AvgIpc) is 3.21. The third-order valence-corrected chi connectivity index (χ3v) is 9.82. The fourth-order valence-corrected chi connectivity index (χ4v) is 7.09. The summed E-state index contributed by atoms with van der Waals surface area (Å²) in [5.74, 6) is -1.87. The number of methoxy groups -OCH3 is 2. The van der Waals surface area contributed by atoms with E-state index in [1.165, 1.54) is 38.5 Å². The van der Waals surface area contributed by atoms with Crippen molar-refractivity contribution in [3.05, 3.63) is 154 Å². The first-order valence-corrected chi connectivity index (χ1v) is 17.8. The summed E-state index contributed by atoms with van der Waals surface area (Å²) in [6.07, 6.45) is -9.26. The van der Waals surface area contributed by atoms with Crippen LogP contribution in [-0.2, 0) is 29.0 Å². The lowest BCUT2D eigenvalue weighted by molar-refractivity contribution is -0.187. The number of carbonyl (C=O) groups is 2. The molecule has 8 nitrogen and oxygen atoms in total. The number of ether oxygens (including phenoxy) is 3. The second-order valence-corrected chi connectivity index (χ2v) is 13.4. The number of phenolic OH excluding ortho intramolecular Hbond substituents is 1. The fraction of sp³-hybridized carbons (Fsp3) is 0.256. The summed E-state index contributed by atoms with van der Waals surface area (Å²) in [4.78, 5) is 25.9. The lowest BCUT2D eigenvalue weighted by atomic mass is 9.88. The number of halogens is 6. The van der Waals surface area contributed by atoms with E-state index >= 15 is 0 Å². The van der Waals surface area contributed by atoms with Gasteiger partial charge in [0.15, 0.2) is 0 Å². The van der Waals surface area contributed by atoms with Crippen LogP contribution in [0.2, 0.25) is 0 Å². The number of nitrogens with zero attached hydrogens (tertiary/aromatic N) is 2. The minimum absolute atomic E-state index is 0.00297. The molecule has 0 aromatic heterocycles. The molecule has 0 spiro atoms. The Kier molecular flexibility index (Phi) is 12.0. The van der Waals surface area contributed by atoms with E-state index in [2.05, 4.69) is 0 Å². The standard InChI is InChI=1S/C25H22F3NO3.C18H16F3NO3/c1-31-21-11-12-22-19(15-21)13-14-29(24(30)25(26,27)28)23(22)18-7-9-20(10-8-18)32-16-17-5-3-2-4-6-17;1-25-14-6-7-15-12(10-14)8-9-22(17(24)18(19,20)21)16(15)11-2-4-13(23)5-3-11/h2-12,15,23H,13-14,16H2,1H3;2-7,10,16,23H,8-9H2,1H3. The Morgan fingerprint density at radius 2 is 1.04 bits per heavy atom. The van der Waals surface area contributed by atoms with Crippen LogP contribution in [0.3, 0.4) is 0 Å². The summed E-state index contributed by atoms with van der Waals surface area (Å²) >= 11 is 0. The highest BCUT2D eigenvalue weighted by Crippen LogP contribution is 2.41. The largest absolute Gasteiger partial charge is 0.508 e. The second-order valence-electron chi connectivity index (χ2n) is 13.4. The van der Waals surface area contributed by atoms with Gasteiger partial charge in [0.1, 0.15) is 29.6 Å². The predicted octanol–water partition coefficient (Wildman–Crippen LogP) is 8.75. The van der Waals surface area contributed by atoms with Crippen LogP contribution in [0, 0.1) is 0 Å². The minimum Gasteiger partial charge on any atom is -0.508 e. The summed E-state index contributed by atoms with van der Waals surface area (Å²) in [6, 6.07) is 31.0. The monoisotopic (exact) mass is 792 g/mol. The van der Waals surface area contributed by atoms with Crippen LogP contribution >= 0.6 is 0 Å². The highest BCUT2D eigenvalue weighted by molar-refractivity contribution is 5.84. The number of hydrogen-bond donors (Lipinski definition) is 1. The van der Waals surface area contributed by atoms with E-state index in [-0.39, 0.29) is 18.8 Å². The molecular formula is C43H38F6N2O6. The smallest absolute Gasteiger partial charge is 0.471 e. The molecule has 7 rings (SSSR count). The van der Waals surface area contributed by atoms with E-state index in [4.69, 9.17) is 14.2 Å². The van der Waals surface area contributed by atoms with Gasteiger partial charge >= 0.3 is 24.2 Å². The maximum atomic E-state index is 13.3. The van der Waals surface area contributed by atoms with Gasteiger partial charge in [0.2, 0.25) is 0 Å². The number of amides is 2. The maximum absolute atomic E-state index is 13.3. The normalized spacial score (nSPS) is 16.4. The quantitative estimate of drug-likeness (QED) is 0.166. The Balaban J connectivity index is 0.000000199. The molecular weight excluding hydrogens is 754 g/mol. The Bertz CT molecular complexity index is 2180. The number of phenols is 1. The average molecular weight is 793 g/mol. The van der Waals surface area contributed by atoms with E-state index < -0.39 is 36.3 Å².